The van der Waals surface area contributed by atoms with Crippen molar-refractivity contribution in [3.63, 3.8) is 0 Å². The fourth-order valence-electron chi connectivity index (χ4n) is 1.04. The van der Waals surface area contributed by atoms with Gasteiger partial charge >= 0.3 is 0 Å². The maximum Gasteiger partial charge on any atom is 0.285 e. The Hall–Kier alpha value is -1.36. The highest BCUT2D eigenvalue weighted by molar-refractivity contribution is 5.43. The first-order valence-electron chi connectivity index (χ1n) is 3.96. The molecule has 0 spiro atoms. The van der Waals surface area contributed by atoms with E-state index >= 15 is 0 Å². The van der Waals surface area contributed by atoms with Crippen molar-refractivity contribution in [1.82, 2.24) is 0 Å². The Balaban J connectivity index is 3.08. The number of benzene rings is 1. The molecule has 1 rings (SSSR count). The van der Waals surface area contributed by atoms with Gasteiger partial charge in [-0.25, -0.2) is 0 Å². The van der Waals surface area contributed by atoms with E-state index in [1.54, 1.807) is 0 Å². The van der Waals surface area contributed by atoms with Crippen LogP contribution in [0.2, 0.25) is 0 Å². The molecule has 0 aromatic heterocycles. The molecule has 0 aliphatic carbocycles. The first-order valence-corrected chi connectivity index (χ1v) is 3.96. The van der Waals surface area contributed by atoms with Crippen LogP contribution in [0.15, 0.2) is 18.2 Å². The fraction of sp³-hybridized carbons (Fsp3) is 0.333. The molecule has 0 amide bonds. The minimum atomic E-state index is -3.12. The number of phenols is 1. The molecule has 0 saturated carbocycles. The van der Waals surface area contributed by atoms with Crippen LogP contribution in [0.5, 0.6) is 11.5 Å². The normalized spacial score (nSPS) is 11.4. The van der Waals surface area contributed by atoms with Crippen LogP contribution in [0.1, 0.15) is 5.56 Å². The van der Waals surface area contributed by atoms with Gasteiger partial charge in [0.15, 0.2) is 11.5 Å². The molecule has 3 N–H and O–H groups in total. The predicted octanol–water partition coefficient (Wildman–Crippen LogP) is 1.45. The Morgan fingerprint density at radius 3 is 2.57 bits per heavy atom. The van der Waals surface area contributed by atoms with Crippen molar-refractivity contribution >= 4 is 0 Å². The molecule has 1 aromatic rings. The lowest BCUT2D eigenvalue weighted by Gasteiger charge is -2.15. The molecule has 0 unspecified atom stereocenters. The van der Waals surface area contributed by atoms with Gasteiger partial charge in [-0.15, -0.1) is 0 Å². The Morgan fingerprint density at radius 1 is 1.50 bits per heavy atom. The Morgan fingerprint density at radius 2 is 2.14 bits per heavy atom. The minimum absolute atomic E-state index is 0.154. The molecule has 0 saturated heterocycles. The summed E-state index contributed by atoms with van der Waals surface area (Å²) in [7, 11) is 1.34. The summed E-state index contributed by atoms with van der Waals surface area (Å²) < 4.78 is 30.8. The number of alkyl halides is 2. The van der Waals surface area contributed by atoms with E-state index in [1.807, 2.05) is 0 Å². The summed E-state index contributed by atoms with van der Waals surface area (Å²) in [5.41, 5.74) is 4.58. The van der Waals surface area contributed by atoms with Crippen LogP contribution in [0.25, 0.3) is 0 Å². The summed E-state index contributed by atoms with van der Waals surface area (Å²) in [5, 5.41) is 9.25. The molecule has 0 fully saturated rings. The van der Waals surface area contributed by atoms with Gasteiger partial charge in [0.1, 0.15) is 0 Å². The van der Waals surface area contributed by atoms with Gasteiger partial charge in [-0.3, -0.25) is 0 Å². The molecule has 14 heavy (non-hydrogen) atoms. The molecule has 0 heterocycles. The highest BCUT2D eigenvalue weighted by Crippen LogP contribution is 2.33. The van der Waals surface area contributed by atoms with Crippen molar-refractivity contribution in [2.45, 2.75) is 5.92 Å². The molecule has 3 nitrogen and oxygen atoms in total. The summed E-state index contributed by atoms with van der Waals surface area (Å²) in [4.78, 5) is 0. The van der Waals surface area contributed by atoms with E-state index in [0.29, 0.717) is 0 Å². The van der Waals surface area contributed by atoms with Crippen molar-refractivity contribution in [3.8, 4) is 11.5 Å². The van der Waals surface area contributed by atoms with Gasteiger partial charge in [0, 0.05) is 5.56 Å². The van der Waals surface area contributed by atoms with E-state index < -0.39 is 12.5 Å². The van der Waals surface area contributed by atoms with Gasteiger partial charge in [0.2, 0.25) is 0 Å². The first kappa shape index (κ1) is 10.7. The van der Waals surface area contributed by atoms with Gasteiger partial charge in [0.25, 0.3) is 5.92 Å². The van der Waals surface area contributed by atoms with Gasteiger partial charge in [-0.2, -0.15) is 8.78 Å². The van der Waals surface area contributed by atoms with Crippen molar-refractivity contribution in [2.75, 3.05) is 13.7 Å². The van der Waals surface area contributed by atoms with Crippen molar-refractivity contribution < 1.29 is 18.6 Å². The number of hydrogen-bond acceptors (Lipinski definition) is 3. The maximum absolute atomic E-state index is 13.0. The van der Waals surface area contributed by atoms with E-state index in [1.165, 1.54) is 19.2 Å². The Labute approximate surface area is 80.1 Å². The van der Waals surface area contributed by atoms with Crippen molar-refractivity contribution in [3.05, 3.63) is 23.8 Å². The summed E-state index contributed by atoms with van der Waals surface area (Å²) in [6.45, 7) is -0.793. The number of hydrogen-bond donors (Lipinski definition) is 2. The smallest absolute Gasteiger partial charge is 0.285 e. The van der Waals surface area contributed by atoms with Crippen LogP contribution in [-0.2, 0) is 5.92 Å². The summed E-state index contributed by atoms with van der Waals surface area (Å²) in [6.07, 6.45) is 0. The monoisotopic (exact) mass is 203 g/mol. The number of nitrogens with two attached hydrogens (primary N) is 1. The van der Waals surface area contributed by atoms with Crippen LogP contribution < -0.4 is 10.5 Å². The molecular formula is C9H11F2NO2. The molecule has 0 atom stereocenters. The van der Waals surface area contributed by atoms with Crippen molar-refractivity contribution in [2.24, 2.45) is 5.73 Å². The predicted molar refractivity (Wildman–Crippen MR) is 47.6 cm³/mol. The van der Waals surface area contributed by atoms with Crippen LogP contribution in [-0.4, -0.2) is 18.8 Å². The number of aromatic hydroxyl groups is 1. The van der Waals surface area contributed by atoms with Gasteiger partial charge in [0.05, 0.1) is 13.7 Å². The molecule has 0 aliphatic rings. The zero-order valence-corrected chi connectivity index (χ0v) is 7.63. The topological polar surface area (TPSA) is 55.5 Å². The van der Waals surface area contributed by atoms with Crippen LogP contribution in [0, 0.1) is 0 Å². The average molecular weight is 203 g/mol. The largest absolute Gasteiger partial charge is 0.504 e. The third-order valence-corrected chi connectivity index (χ3v) is 1.86. The van der Waals surface area contributed by atoms with Crippen LogP contribution >= 0.6 is 0 Å². The number of methoxy groups -OCH3 is 1. The Kier molecular flexibility index (Phi) is 2.90. The number of phenolic OH excluding ortho intramolecular Hbond substituents is 1. The first-order chi connectivity index (χ1) is 6.51. The van der Waals surface area contributed by atoms with Gasteiger partial charge < -0.3 is 15.6 Å². The highest BCUT2D eigenvalue weighted by atomic mass is 19.3. The summed E-state index contributed by atoms with van der Waals surface area (Å²) in [5.74, 6) is -3.29. The fourth-order valence-corrected chi connectivity index (χ4v) is 1.04. The second kappa shape index (κ2) is 3.79. The zero-order chi connectivity index (χ0) is 10.8. The van der Waals surface area contributed by atoms with Gasteiger partial charge in [-0.05, 0) is 18.2 Å². The lowest BCUT2D eigenvalue weighted by Crippen LogP contribution is -2.24. The summed E-state index contributed by atoms with van der Waals surface area (Å²) in [6, 6.07) is 3.39. The third-order valence-electron chi connectivity index (χ3n) is 1.86. The number of rotatable bonds is 3. The van der Waals surface area contributed by atoms with E-state index in [4.69, 9.17) is 10.5 Å². The minimum Gasteiger partial charge on any atom is -0.504 e. The van der Waals surface area contributed by atoms with E-state index in [0.717, 1.165) is 6.07 Å². The summed E-state index contributed by atoms with van der Waals surface area (Å²) >= 11 is 0. The number of ether oxygens (including phenoxy) is 1. The second-order valence-corrected chi connectivity index (χ2v) is 2.80. The average Bonchev–Trinajstić information content (AvgIpc) is 2.17. The SMILES string of the molecule is COc1ccc(C(F)(F)CN)cc1O. The third kappa shape index (κ3) is 1.93. The van der Waals surface area contributed by atoms with Gasteiger partial charge in [-0.1, -0.05) is 0 Å². The standard InChI is InChI=1S/C9H11F2NO2/c1-14-8-3-2-6(4-7(8)13)9(10,11)5-12/h2-4,13H,5,12H2,1H3. The molecule has 0 bridgehead atoms. The molecule has 78 valence electrons. The molecular weight excluding hydrogens is 192 g/mol. The molecule has 1 aromatic carbocycles. The van der Waals surface area contributed by atoms with E-state index in [2.05, 4.69) is 0 Å². The maximum atomic E-state index is 13.0. The molecule has 5 heteroatoms. The van der Waals surface area contributed by atoms with E-state index in [9.17, 15) is 13.9 Å². The lowest BCUT2D eigenvalue weighted by atomic mass is 10.1. The zero-order valence-electron chi connectivity index (χ0n) is 7.63. The van der Waals surface area contributed by atoms with E-state index in [-0.39, 0.29) is 17.1 Å². The lowest BCUT2D eigenvalue weighted by molar-refractivity contribution is 0.00570. The molecule has 0 radical (unpaired) electrons. The second-order valence-electron chi connectivity index (χ2n) is 2.80. The quantitative estimate of drug-likeness (QED) is 0.781. The Bertz CT molecular complexity index is 329. The molecule has 0 aliphatic heterocycles. The number of halogens is 2. The van der Waals surface area contributed by atoms with Crippen LogP contribution in [0.3, 0.4) is 0 Å². The highest BCUT2D eigenvalue weighted by Gasteiger charge is 2.30. The van der Waals surface area contributed by atoms with Crippen LogP contribution in [0.4, 0.5) is 8.78 Å². The van der Waals surface area contributed by atoms with Crippen molar-refractivity contribution in [1.29, 1.82) is 0 Å².